The molecule has 2 atom stereocenters. The van der Waals surface area contributed by atoms with Gasteiger partial charge in [-0.05, 0) is 65.6 Å². The van der Waals surface area contributed by atoms with Gasteiger partial charge in [-0.25, -0.2) is 0 Å². The molecule has 4 rings (SSSR count). The smallest absolute Gasteiger partial charge is 0.306 e. The lowest BCUT2D eigenvalue weighted by Gasteiger charge is -2.20. The SMILES string of the molecule is O=C(O)C(CCCc1ccccc1)CC(O)c1ccccc1-c1ccc(OCc2ccccc2)cc1. The normalized spacial score (nSPS) is 12.6. The lowest BCUT2D eigenvalue weighted by Crippen LogP contribution is -2.18. The van der Waals surface area contributed by atoms with Crippen LogP contribution in [0, 0.1) is 5.92 Å². The van der Waals surface area contributed by atoms with Crippen LogP contribution in [0.2, 0.25) is 0 Å². The fourth-order valence-electron chi connectivity index (χ4n) is 4.46. The molecule has 184 valence electrons. The van der Waals surface area contributed by atoms with Crippen LogP contribution in [-0.2, 0) is 17.8 Å². The van der Waals surface area contributed by atoms with Gasteiger partial charge in [0.2, 0.25) is 0 Å². The van der Waals surface area contributed by atoms with Crippen LogP contribution in [0.1, 0.15) is 42.1 Å². The Bertz CT molecular complexity index is 1220. The third-order valence-electron chi connectivity index (χ3n) is 6.45. The van der Waals surface area contributed by atoms with Crippen LogP contribution in [0.4, 0.5) is 0 Å². The standard InChI is InChI=1S/C32H32O4/c33-31(22-27(32(34)35)15-9-14-24-10-3-1-4-11-24)30-17-8-7-16-29(30)26-18-20-28(21-19-26)36-23-25-12-5-2-6-13-25/h1-8,10-13,16-21,27,31,33H,9,14-15,22-23H2,(H,34,35). The number of aryl methyl sites for hydroxylation is 1. The van der Waals surface area contributed by atoms with Gasteiger partial charge < -0.3 is 14.9 Å². The first kappa shape index (κ1) is 25.2. The summed E-state index contributed by atoms with van der Waals surface area (Å²) in [6, 6.07) is 35.5. The van der Waals surface area contributed by atoms with E-state index in [2.05, 4.69) is 12.1 Å². The zero-order chi connectivity index (χ0) is 25.2. The van der Waals surface area contributed by atoms with Gasteiger partial charge in [0, 0.05) is 0 Å². The molecule has 0 fully saturated rings. The minimum atomic E-state index is -0.868. The van der Waals surface area contributed by atoms with E-state index in [4.69, 9.17) is 4.74 Å². The Morgan fingerprint density at radius 3 is 2.03 bits per heavy atom. The monoisotopic (exact) mass is 480 g/mol. The molecule has 2 unspecified atom stereocenters. The van der Waals surface area contributed by atoms with E-state index in [9.17, 15) is 15.0 Å². The predicted octanol–water partition coefficient (Wildman–Crippen LogP) is 7.08. The third-order valence-corrected chi connectivity index (χ3v) is 6.45. The molecule has 0 saturated carbocycles. The van der Waals surface area contributed by atoms with Crippen molar-refractivity contribution in [2.24, 2.45) is 5.92 Å². The van der Waals surface area contributed by atoms with E-state index in [0.717, 1.165) is 40.8 Å². The minimum absolute atomic E-state index is 0.180. The van der Waals surface area contributed by atoms with Crippen molar-refractivity contribution in [1.82, 2.24) is 0 Å². The zero-order valence-electron chi connectivity index (χ0n) is 20.3. The van der Waals surface area contributed by atoms with Crippen molar-refractivity contribution < 1.29 is 19.7 Å². The molecule has 4 aromatic carbocycles. The van der Waals surface area contributed by atoms with Crippen LogP contribution in [0.5, 0.6) is 5.75 Å². The molecule has 2 N–H and O–H groups in total. The molecule has 4 nitrogen and oxygen atoms in total. The first-order valence-corrected chi connectivity index (χ1v) is 12.4. The number of aliphatic carboxylic acids is 1. The summed E-state index contributed by atoms with van der Waals surface area (Å²) in [7, 11) is 0. The van der Waals surface area contributed by atoms with Crippen LogP contribution in [0.15, 0.2) is 109 Å². The van der Waals surface area contributed by atoms with Crippen molar-refractivity contribution in [3.63, 3.8) is 0 Å². The summed E-state index contributed by atoms with van der Waals surface area (Å²) >= 11 is 0. The average molecular weight is 481 g/mol. The maximum atomic E-state index is 11.9. The number of carboxylic acid groups (broad SMARTS) is 1. The fraction of sp³-hybridized carbons (Fsp3) is 0.219. The summed E-state index contributed by atoms with van der Waals surface area (Å²) < 4.78 is 5.89. The Balaban J connectivity index is 1.40. The topological polar surface area (TPSA) is 66.8 Å². The highest BCUT2D eigenvalue weighted by Crippen LogP contribution is 2.33. The molecular formula is C32H32O4. The molecule has 0 radical (unpaired) electrons. The quantitative estimate of drug-likeness (QED) is 0.227. The van der Waals surface area contributed by atoms with Gasteiger partial charge in [-0.2, -0.15) is 0 Å². The summed E-state index contributed by atoms with van der Waals surface area (Å²) in [5, 5.41) is 20.9. The molecule has 0 amide bonds. The molecule has 0 saturated heterocycles. The highest BCUT2D eigenvalue weighted by atomic mass is 16.5. The predicted molar refractivity (Wildman–Crippen MR) is 143 cm³/mol. The van der Waals surface area contributed by atoms with Crippen molar-refractivity contribution in [3.8, 4) is 16.9 Å². The van der Waals surface area contributed by atoms with Crippen LogP contribution < -0.4 is 4.74 Å². The van der Waals surface area contributed by atoms with Gasteiger partial charge in [0.1, 0.15) is 12.4 Å². The number of hydrogen-bond donors (Lipinski definition) is 2. The van der Waals surface area contributed by atoms with E-state index in [1.54, 1.807) is 0 Å². The van der Waals surface area contributed by atoms with Gasteiger partial charge in [-0.1, -0.05) is 97.1 Å². The molecule has 0 bridgehead atoms. The van der Waals surface area contributed by atoms with E-state index in [1.807, 2.05) is 97.1 Å². The molecular weight excluding hydrogens is 448 g/mol. The van der Waals surface area contributed by atoms with Crippen molar-refractivity contribution in [1.29, 1.82) is 0 Å². The van der Waals surface area contributed by atoms with Crippen LogP contribution >= 0.6 is 0 Å². The summed E-state index contributed by atoms with van der Waals surface area (Å²) in [5.74, 6) is -0.699. The first-order valence-electron chi connectivity index (χ1n) is 12.4. The Kier molecular flexibility index (Phi) is 8.90. The number of aliphatic hydroxyl groups is 1. The zero-order valence-corrected chi connectivity index (χ0v) is 20.3. The Labute approximate surface area is 212 Å². The summed E-state index contributed by atoms with van der Waals surface area (Å²) in [5.41, 5.74) is 4.89. The lowest BCUT2D eigenvalue weighted by molar-refractivity contribution is -0.143. The maximum Gasteiger partial charge on any atom is 0.306 e. The Hall–Kier alpha value is -3.89. The number of hydrogen-bond acceptors (Lipinski definition) is 3. The molecule has 0 aliphatic rings. The molecule has 4 heteroatoms. The van der Waals surface area contributed by atoms with Gasteiger partial charge in [0.25, 0.3) is 0 Å². The highest BCUT2D eigenvalue weighted by Gasteiger charge is 2.23. The number of carboxylic acids is 1. The minimum Gasteiger partial charge on any atom is -0.489 e. The second kappa shape index (κ2) is 12.7. The van der Waals surface area contributed by atoms with Crippen LogP contribution in [0.3, 0.4) is 0 Å². The fourth-order valence-corrected chi connectivity index (χ4v) is 4.46. The third kappa shape index (κ3) is 7.06. The van der Waals surface area contributed by atoms with Gasteiger partial charge in [0.15, 0.2) is 0 Å². The van der Waals surface area contributed by atoms with Crippen LogP contribution in [0.25, 0.3) is 11.1 Å². The van der Waals surface area contributed by atoms with E-state index < -0.39 is 18.0 Å². The molecule has 0 aliphatic carbocycles. The summed E-state index contributed by atoms with van der Waals surface area (Å²) in [6.07, 6.45) is 1.43. The molecule has 0 spiro atoms. The van der Waals surface area contributed by atoms with E-state index in [-0.39, 0.29) is 6.42 Å². The molecule has 36 heavy (non-hydrogen) atoms. The number of rotatable bonds is 12. The second-order valence-corrected chi connectivity index (χ2v) is 9.05. The van der Waals surface area contributed by atoms with E-state index >= 15 is 0 Å². The number of benzene rings is 4. The van der Waals surface area contributed by atoms with Gasteiger partial charge in [-0.3, -0.25) is 4.79 Å². The van der Waals surface area contributed by atoms with Gasteiger partial charge in [-0.15, -0.1) is 0 Å². The average Bonchev–Trinajstić information content (AvgIpc) is 2.92. The molecule has 0 aromatic heterocycles. The van der Waals surface area contributed by atoms with Crippen molar-refractivity contribution in [2.75, 3.05) is 0 Å². The lowest BCUT2D eigenvalue weighted by atomic mass is 9.88. The Morgan fingerprint density at radius 2 is 1.36 bits per heavy atom. The van der Waals surface area contributed by atoms with Crippen LogP contribution in [-0.4, -0.2) is 16.2 Å². The van der Waals surface area contributed by atoms with E-state index in [0.29, 0.717) is 13.0 Å². The summed E-state index contributed by atoms with van der Waals surface area (Å²) in [4.78, 5) is 11.9. The van der Waals surface area contributed by atoms with E-state index in [1.165, 1.54) is 5.56 Å². The largest absolute Gasteiger partial charge is 0.489 e. The number of aliphatic hydroxyl groups excluding tert-OH is 1. The molecule has 0 aliphatic heterocycles. The highest BCUT2D eigenvalue weighted by molar-refractivity contribution is 5.71. The molecule has 0 heterocycles. The molecule has 4 aromatic rings. The van der Waals surface area contributed by atoms with Crippen molar-refractivity contribution in [3.05, 3.63) is 126 Å². The second-order valence-electron chi connectivity index (χ2n) is 9.05. The van der Waals surface area contributed by atoms with Gasteiger partial charge >= 0.3 is 5.97 Å². The van der Waals surface area contributed by atoms with Gasteiger partial charge in [0.05, 0.1) is 12.0 Å². The van der Waals surface area contributed by atoms with Crippen molar-refractivity contribution in [2.45, 2.75) is 38.4 Å². The number of ether oxygens (including phenoxy) is 1. The summed E-state index contributed by atoms with van der Waals surface area (Å²) in [6.45, 7) is 0.496. The van der Waals surface area contributed by atoms with Crippen molar-refractivity contribution >= 4 is 5.97 Å². The Morgan fingerprint density at radius 1 is 0.750 bits per heavy atom. The first-order chi connectivity index (χ1) is 17.6. The maximum absolute atomic E-state index is 11.9. The number of carbonyl (C=O) groups is 1.